The molecule has 0 aliphatic heterocycles. The minimum Gasteiger partial charge on any atom is -0.497 e. The molecule has 138 valence electrons. The van der Waals surface area contributed by atoms with Gasteiger partial charge in [0.15, 0.2) is 5.96 Å². The van der Waals surface area contributed by atoms with Gasteiger partial charge in [-0.05, 0) is 30.5 Å². The molecular formula is C18H32IN3O2. The van der Waals surface area contributed by atoms with Crippen LogP contribution in [0.4, 0.5) is 0 Å². The molecule has 0 saturated carbocycles. The van der Waals surface area contributed by atoms with E-state index < -0.39 is 0 Å². The first kappa shape index (κ1) is 23.0. The monoisotopic (exact) mass is 449 g/mol. The summed E-state index contributed by atoms with van der Waals surface area (Å²) in [5, 5.41) is 6.62. The highest BCUT2D eigenvalue weighted by Gasteiger charge is 1.98. The van der Waals surface area contributed by atoms with Gasteiger partial charge in [0, 0.05) is 26.7 Å². The second kappa shape index (κ2) is 15.5. The molecule has 1 rings (SSSR count). The summed E-state index contributed by atoms with van der Waals surface area (Å²) in [5.41, 5.74) is 1.16. The Morgan fingerprint density at radius 2 is 1.71 bits per heavy atom. The Labute approximate surface area is 163 Å². The van der Waals surface area contributed by atoms with Gasteiger partial charge in [-0.3, -0.25) is 4.99 Å². The lowest BCUT2D eigenvalue weighted by molar-refractivity contribution is 0.119. The number of ether oxygens (including phenoxy) is 2. The van der Waals surface area contributed by atoms with E-state index in [-0.39, 0.29) is 24.0 Å². The normalized spacial score (nSPS) is 10.9. The molecule has 1 aromatic carbocycles. The third-order valence-corrected chi connectivity index (χ3v) is 3.48. The average molecular weight is 449 g/mol. The van der Waals surface area contributed by atoms with Crippen LogP contribution in [0.25, 0.3) is 0 Å². The summed E-state index contributed by atoms with van der Waals surface area (Å²) in [6.07, 6.45) is 4.62. The number of nitrogens with one attached hydrogen (secondary N) is 2. The number of aliphatic imine (C=N–C) groups is 1. The third kappa shape index (κ3) is 10.7. The Kier molecular flexibility index (Phi) is 14.8. The first-order valence-corrected chi connectivity index (χ1v) is 8.45. The zero-order valence-corrected chi connectivity index (χ0v) is 17.5. The molecule has 0 spiro atoms. The maximum absolute atomic E-state index is 5.68. The Morgan fingerprint density at radius 1 is 1.04 bits per heavy atom. The van der Waals surface area contributed by atoms with Crippen LogP contribution in [-0.2, 0) is 11.3 Å². The van der Waals surface area contributed by atoms with Gasteiger partial charge >= 0.3 is 0 Å². The summed E-state index contributed by atoms with van der Waals surface area (Å²) < 4.78 is 10.8. The number of methoxy groups -OCH3 is 1. The van der Waals surface area contributed by atoms with Crippen molar-refractivity contribution in [2.24, 2.45) is 4.99 Å². The molecule has 24 heavy (non-hydrogen) atoms. The summed E-state index contributed by atoms with van der Waals surface area (Å²) in [4.78, 5) is 4.21. The zero-order chi connectivity index (χ0) is 16.8. The molecule has 0 aliphatic carbocycles. The predicted molar refractivity (Wildman–Crippen MR) is 112 cm³/mol. The molecule has 0 heterocycles. The first-order valence-electron chi connectivity index (χ1n) is 8.45. The number of halogens is 1. The van der Waals surface area contributed by atoms with Crippen molar-refractivity contribution >= 4 is 29.9 Å². The number of benzene rings is 1. The largest absolute Gasteiger partial charge is 0.497 e. The SMILES string of the molecule is CCCCCNC(=NC)NCCCOCc1ccc(OC)cc1.I. The predicted octanol–water partition coefficient (Wildman–Crippen LogP) is 3.58. The Morgan fingerprint density at radius 3 is 2.29 bits per heavy atom. The first-order chi connectivity index (χ1) is 11.3. The molecule has 0 amide bonds. The van der Waals surface area contributed by atoms with E-state index in [1.165, 1.54) is 19.3 Å². The highest BCUT2D eigenvalue weighted by molar-refractivity contribution is 14.0. The lowest BCUT2D eigenvalue weighted by Gasteiger charge is -2.11. The second-order valence-corrected chi connectivity index (χ2v) is 5.39. The Bertz CT molecular complexity index is 438. The maximum Gasteiger partial charge on any atom is 0.190 e. The fourth-order valence-corrected chi connectivity index (χ4v) is 2.10. The van der Waals surface area contributed by atoms with Crippen molar-refractivity contribution in [3.05, 3.63) is 29.8 Å². The molecule has 0 radical (unpaired) electrons. The van der Waals surface area contributed by atoms with Gasteiger partial charge in [0.25, 0.3) is 0 Å². The quantitative estimate of drug-likeness (QED) is 0.235. The summed E-state index contributed by atoms with van der Waals surface area (Å²) in [6.45, 7) is 5.40. The van der Waals surface area contributed by atoms with Crippen LogP contribution in [0.5, 0.6) is 5.75 Å². The number of nitrogens with zero attached hydrogens (tertiary/aromatic N) is 1. The van der Waals surface area contributed by atoms with Crippen molar-refractivity contribution in [3.63, 3.8) is 0 Å². The van der Waals surface area contributed by atoms with Crippen LogP contribution >= 0.6 is 24.0 Å². The molecular weight excluding hydrogens is 417 g/mol. The number of guanidine groups is 1. The van der Waals surface area contributed by atoms with Gasteiger partial charge in [-0.2, -0.15) is 0 Å². The van der Waals surface area contributed by atoms with Crippen LogP contribution in [0, 0.1) is 0 Å². The molecule has 0 aliphatic rings. The van der Waals surface area contributed by atoms with E-state index in [4.69, 9.17) is 9.47 Å². The van der Waals surface area contributed by atoms with E-state index in [9.17, 15) is 0 Å². The number of hydrogen-bond donors (Lipinski definition) is 2. The van der Waals surface area contributed by atoms with Crippen LogP contribution < -0.4 is 15.4 Å². The van der Waals surface area contributed by atoms with Crippen LogP contribution in [0.3, 0.4) is 0 Å². The second-order valence-electron chi connectivity index (χ2n) is 5.39. The lowest BCUT2D eigenvalue weighted by Crippen LogP contribution is -2.38. The highest BCUT2D eigenvalue weighted by atomic mass is 127. The molecule has 5 nitrogen and oxygen atoms in total. The van der Waals surface area contributed by atoms with E-state index >= 15 is 0 Å². The van der Waals surface area contributed by atoms with E-state index in [1.807, 2.05) is 24.3 Å². The number of rotatable bonds is 11. The summed E-state index contributed by atoms with van der Waals surface area (Å²) in [7, 11) is 3.47. The number of hydrogen-bond acceptors (Lipinski definition) is 3. The molecule has 2 N–H and O–H groups in total. The molecule has 0 unspecified atom stereocenters. The Hall–Kier alpha value is -1.02. The van der Waals surface area contributed by atoms with E-state index in [0.717, 1.165) is 43.4 Å². The average Bonchev–Trinajstić information content (AvgIpc) is 2.60. The summed E-state index contributed by atoms with van der Waals surface area (Å²) in [5.74, 6) is 1.74. The fourth-order valence-electron chi connectivity index (χ4n) is 2.10. The molecule has 0 fully saturated rings. The maximum atomic E-state index is 5.68. The van der Waals surface area contributed by atoms with Crippen molar-refractivity contribution < 1.29 is 9.47 Å². The van der Waals surface area contributed by atoms with Crippen molar-refractivity contribution in [1.29, 1.82) is 0 Å². The standard InChI is InChI=1S/C18H31N3O2.HI/c1-4-5-6-12-20-18(19-2)21-13-7-14-23-15-16-8-10-17(22-3)11-9-16;/h8-11H,4-7,12-15H2,1-3H3,(H2,19,20,21);1H. The van der Waals surface area contributed by atoms with Crippen LogP contribution in [0.2, 0.25) is 0 Å². The molecule has 0 bridgehead atoms. The van der Waals surface area contributed by atoms with Gasteiger partial charge in [0.05, 0.1) is 13.7 Å². The summed E-state index contributed by atoms with van der Waals surface area (Å²) in [6, 6.07) is 7.96. The van der Waals surface area contributed by atoms with Gasteiger partial charge < -0.3 is 20.1 Å². The highest BCUT2D eigenvalue weighted by Crippen LogP contribution is 2.11. The smallest absolute Gasteiger partial charge is 0.190 e. The fraction of sp³-hybridized carbons (Fsp3) is 0.611. The molecule has 0 atom stereocenters. The van der Waals surface area contributed by atoms with Crippen LogP contribution in [0.15, 0.2) is 29.3 Å². The minimum absolute atomic E-state index is 0. The molecule has 0 aromatic heterocycles. The van der Waals surface area contributed by atoms with Gasteiger partial charge in [-0.15, -0.1) is 24.0 Å². The van der Waals surface area contributed by atoms with E-state index in [2.05, 4.69) is 22.5 Å². The van der Waals surface area contributed by atoms with Crippen LogP contribution in [-0.4, -0.2) is 39.8 Å². The topological polar surface area (TPSA) is 54.9 Å². The lowest BCUT2D eigenvalue weighted by atomic mass is 10.2. The molecule has 0 saturated heterocycles. The van der Waals surface area contributed by atoms with Gasteiger partial charge in [-0.25, -0.2) is 0 Å². The Balaban J connectivity index is 0.00000529. The van der Waals surface area contributed by atoms with Crippen molar-refractivity contribution in [2.75, 3.05) is 33.9 Å². The molecule has 6 heteroatoms. The van der Waals surface area contributed by atoms with Crippen LogP contribution in [0.1, 0.15) is 38.2 Å². The van der Waals surface area contributed by atoms with Crippen molar-refractivity contribution in [1.82, 2.24) is 10.6 Å². The minimum atomic E-state index is 0. The third-order valence-electron chi connectivity index (χ3n) is 3.48. The molecule has 1 aromatic rings. The van der Waals surface area contributed by atoms with Gasteiger partial charge in [0.1, 0.15) is 5.75 Å². The zero-order valence-electron chi connectivity index (χ0n) is 15.1. The van der Waals surface area contributed by atoms with Gasteiger partial charge in [-0.1, -0.05) is 31.9 Å². The number of unbranched alkanes of at least 4 members (excludes halogenated alkanes) is 2. The van der Waals surface area contributed by atoms with Crippen molar-refractivity contribution in [2.45, 2.75) is 39.2 Å². The van der Waals surface area contributed by atoms with Gasteiger partial charge in [0.2, 0.25) is 0 Å². The van der Waals surface area contributed by atoms with Crippen molar-refractivity contribution in [3.8, 4) is 5.75 Å². The van der Waals surface area contributed by atoms with E-state index in [0.29, 0.717) is 6.61 Å². The van der Waals surface area contributed by atoms with E-state index in [1.54, 1.807) is 14.2 Å². The summed E-state index contributed by atoms with van der Waals surface area (Å²) >= 11 is 0.